The molecule has 0 aromatic heterocycles. The highest BCUT2D eigenvalue weighted by molar-refractivity contribution is 14.1. The molecule has 2 aromatic rings. The van der Waals surface area contributed by atoms with Crippen LogP contribution in [0, 0.1) is 9.39 Å². The molecule has 0 heterocycles. The minimum atomic E-state index is -1.30. The molecule has 1 aliphatic carbocycles. The van der Waals surface area contributed by atoms with Crippen LogP contribution in [0.4, 0.5) is 4.39 Å². The zero-order valence-corrected chi connectivity index (χ0v) is 22.5. The molecule has 0 fully saturated rings. The van der Waals surface area contributed by atoms with Crippen LogP contribution in [-0.2, 0) is 16.1 Å². The first-order valence-electron chi connectivity index (χ1n) is 11.5. The van der Waals surface area contributed by atoms with Gasteiger partial charge in [0, 0.05) is 43.1 Å². The number of hydrogen-bond acceptors (Lipinski definition) is 7. The summed E-state index contributed by atoms with van der Waals surface area (Å²) in [6, 6.07) is 8.13. The Morgan fingerprint density at radius 3 is 2.65 bits per heavy atom. The molecule has 1 aliphatic rings. The standard InChI is InChI=1S/C26H28FIN2O7/c1-15(33)30(13-17-5-3-4-6-19(17)27)21-11-18(26(35)29-7-8-31)12-22(24(21)34)37-25-20(28)9-16(14-32)10-23(25)36-2/h3-6,9-10,12,14,21-22,24,31,34H,7-8,11,13H2,1-2H3,(H,29,35). The van der Waals surface area contributed by atoms with Crippen LogP contribution < -0.4 is 14.8 Å². The van der Waals surface area contributed by atoms with Crippen LogP contribution in [0.15, 0.2) is 48.0 Å². The number of nitrogens with one attached hydrogen (secondary N) is 1. The molecule has 37 heavy (non-hydrogen) atoms. The monoisotopic (exact) mass is 626 g/mol. The van der Waals surface area contributed by atoms with Gasteiger partial charge in [0.2, 0.25) is 11.8 Å². The van der Waals surface area contributed by atoms with Crippen LogP contribution in [0.1, 0.15) is 29.3 Å². The van der Waals surface area contributed by atoms with Crippen molar-refractivity contribution in [3.05, 3.63) is 68.6 Å². The van der Waals surface area contributed by atoms with E-state index in [1.165, 1.54) is 43.2 Å². The van der Waals surface area contributed by atoms with Crippen LogP contribution in [0.25, 0.3) is 0 Å². The number of methoxy groups -OCH3 is 1. The molecule has 0 saturated carbocycles. The number of benzene rings is 2. The lowest BCUT2D eigenvalue weighted by molar-refractivity contribution is -0.137. The fourth-order valence-electron chi connectivity index (χ4n) is 4.11. The second kappa shape index (κ2) is 13.0. The Bertz CT molecular complexity index is 1190. The fourth-order valence-corrected chi connectivity index (χ4v) is 4.86. The highest BCUT2D eigenvalue weighted by Gasteiger charge is 2.40. The molecular formula is C26H28FIN2O7. The summed E-state index contributed by atoms with van der Waals surface area (Å²) in [4.78, 5) is 38.1. The number of aldehydes is 1. The zero-order valence-electron chi connectivity index (χ0n) is 20.3. The average Bonchev–Trinajstić information content (AvgIpc) is 2.88. The first kappa shape index (κ1) is 28.5. The van der Waals surface area contributed by atoms with Gasteiger partial charge in [0.25, 0.3) is 0 Å². The number of carbonyl (C=O) groups is 3. The lowest BCUT2D eigenvalue weighted by Gasteiger charge is -2.40. The topological polar surface area (TPSA) is 125 Å². The molecule has 198 valence electrons. The SMILES string of the molecule is COc1cc(C=O)cc(I)c1OC1C=C(C(=O)NCCO)CC(N(Cc2ccccc2F)C(C)=O)C1O. The Morgan fingerprint density at radius 2 is 2.03 bits per heavy atom. The third-order valence-electron chi connectivity index (χ3n) is 5.96. The van der Waals surface area contributed by atoms with E-state index in [4.69, 9.17) is 14.6 Å². The zero-order chi connectivity index (χ0) is 27.1. The molecule has 0 bridgehead atoms. The molecule has 3 atom stereocenters. The first-order valence-corrected chi connectivity index (χ1v) is 12.6. The number of aliphatic hydroxyl groups excluding tert-OH is 2. The summed E-state index contributed by atoms with van der Waals surface area (Å²) in [5, 5.41) is 23.0. The van der Waals surface area contributed by atoms with Crippen molar-refractivity contribution in [3.63, 3.8) is 0 Å². The maximum Gasteiger partial charge on any atom is 0.247 e. The summed E-state index contributed by atoms with van der Waals surface area (Å²) in [5.74, 6) is -0.929. The molecule has 2 amide bonds. The van der Waals surface area contributed by atoms with Crippen molar-refractivity contribution in [1.29, 1.82) is 0 Å². The maximum atomic E-state index is 14.4. The van der Waals surface area contributed by atoms with Crippen molar-refractivity contribution in [2.45, 2.75) is 38.1 Å². The lowest BCUT2D eigenvalue weighted by Crippen LogP contribution is -2.54. The van der Waals surface area contributed by atoms with Crippen molar-refractivity contribution in [2.24, 2.45) is 0 Å². The predicted molar refractivity (Wildman–Crippen MR) is 141 cm³/mol. The Morgan fingerprint density at radius 1 is 1.30 bits per heavy atom. The van der Waals surface area contributed by atoms with E-state index in [9.17, 15) is 23.9 Å². The smallest absolute Gasteiger partial charge is 0.247 e. The number of carbonyl (C=O) groups excluding carboxylic acids is 3. The molecular weight excluding hydrogens is 598 g/mol. The van der Waals surface area contributed by atoms with Gasteiger partial charge in [0.05, 0.1) is 23.3 Å². The minimum absolute atomic E-state index is 0.0133. The number of rotatable bonds is 10. The average molecular weight is 626 g/mol. The van der Waals surface area contributed by atoms with Crippen molar-refractivity contribution >= 4 is 40.7 Å². The number of nitrogens with zero attached hydrogens (tertiary/aromatic N) is 1. The molecule has 2 aromatic carbocycles. The largest absolute Gasteiger partial charge is 0.493 e. The van der Waals surface area contributed by atoms with Gasteiger partial charge in [-0.15, -0.1) is 0 Å². The summed E-state index contributed by atoms with van der Waals surface area (Å²) in [6.07, 6.45) is -0.295. The van der Waals surface area contributed by atoms with Gasteiger partial charge in [-0.2, -0.15) is 0 Å². The normalized spacial score (nSPS) is 19.0. The second-order valence-electron chi connectivity index (χ2n) is 8.41. The van der Waals surface area contributed by atoms with Crippen molar-refractivity contribution in [2.75, 3.05) is 20.3 Å². The summed E-state index contributed by atoms with van der Waals surface area (Å²) in [5.41, 5.74) is 0.846. The molecule has 3 unspecified atom stereocenters. The predicted octanol–water partition coefficient (Wildman–Crippen LogP) is 2.22. The molecule has 0 spiro atoms. The van der Waals surface area contributed by atoms with E-state index in [0.29, 0.717) is 15.4 Å². The van der Waals surface area contributed by atoms with Gasteiger partial charge < -0.3 is 29.9 Å². The van der Waals surface area contributed by atoms with Crippen LogP contribution in [-0.4, -0.2) is 71.7 Å². The van der Waals surface area contributed by atoms with E-state index < -0.39 is 35.9 Å². The third-order valence-corrected chi connectivity index (χ3v) is 6.76. The Hall–Kier alpha value is -3.03. The Balaban J connectivity index is 2.01. The fraction of sp³-hybridized carbons (Fsp3) is 0.346. The Kier molecular flexibility index (Phi) is 10.0. The van der Waals surface area contributed by atoms with Gasteiger partial charge in [0.1, 0.15) is 24.3 Å². The molecule has 9 nitrogen and oxygen atoms in total. The molecule has 0 saturated heterocycles. The van der Waals surface area contributed by atoms with Gasteiger partial charge in [-0.1, -0.05) is 18.2 Å². The van der Waals surface area contributed by atoms with Crippen molar-refractivity contribution < 1.29 is 38.5 Å². The van der Waals surface area contributed by atoms with E-state index in [1.807, 2.05) is 22.6 Å². The summed E-state index contributed by atoms with van der Waals surface area (Å²) in [6.45, 7) is 0.921. The molecule has 3 N–H and O–H groups in total. The van der Waals surface area contributed by atoms with Gasteiger partial charge in [-0.3, -0.25) is 14.4 Å². The Labute approximate surface area is 227 Å². The summed E-state index contributed by atoms with van der Waals surface area (Å²) >= 11 is 1.97. The van der Waals surface area contributed by atoms with E-state index in [0.717, 1.165) is 0 Å². The number of aliphatic hydroxyl groups is 2. The molecule has 0 aliphatic heterocycles. The number of hydrogen-bond donors (Lipinski definition) is 3. The van der Waals surface area contributed by atoms with Gasteiger partial charge >= 0.3 is 0 Å². The second-order valence-corrected chi connectivity index (χ2v) is 9.57. The van der Waals surface area contributed by atoms with Crippen LogP contribution in [0.5, 0.6) is 11.5 Å². The highest BCUT2D eigenvalue weighted by Crippen LogP contribution is 2.37. The minimum Gasteiger partial charge on any atom is -0.493 e. The highest BCUT2D eigenvalue weighted by atomic mass is 127. The van der Waals surface area contributed by atoms with E-state index in [-0.39, 0.29) is 48.8 Å². The van der Waals surface area contributed by atoms with Gasteiger partial charge in [0.15, 0.2) is 11.5 Å². The van der Waals surface area contributed by atoms with Crippen LogP contribution in [0.2, 0.25) is 0 Å². The van der Waals surface area contributed by atoms with E-state index in [1.54, 1.807) is 18.2 Å². The van der Waals surface area contributed by atoms with E-state index in [2.05, 4.69) is 5.32 Å². The quantitative estimate of drug-likeness (QED) is 0.273. The maximum absolute atomic E-state index is 14.4. The van der Waals surface area contributed by atoms with Gasteiger partial charge in [-0.05, 0) is 46.9 Å². The molecule has 11 heteroatoms. The molecule has 3 rings (SSSR count). The third kappa shape index (κ3) is 6.84. The number of amides is 2. The summed E-state index contributed by atoms with van der Waals surface area (Å²) in [7, 11) is 1.41. The molecule has 0 radical (unpaired) electrons. The first-order chi connectivity index (χ1) is 17.7. The van der Waals surface area contributed by atoms with Crippen molar-refractivity contribution in [1.82, 2.24) is 10.2 Å². The van der Waals surface area contributed by atoms with Crippen molar-refractivity contribution in [3.8, 4) is 11.5 Å². The summed E-state index contributed by atoms with van der Waals surface area (Å²) < 4.78 is 26.4. The lowest BCUT2D eigenvalue weighted by atomic mass is 9.88. The number of halogens is 2. The van der Waals surface area contributed by atoms with Crippen LogP contribution >= 0.6 is 22.6 Å². The van der Waals surface area contributed by atoms with Gasteiger partial charge in [-0.25, -0.2) is 4.39 Å². The van der Waals surface area contributed by atoms with E-state index >= 15 is 0 Å². The number of ether oxygens (including phenoxy) is 2. The van der Waals surface area contributed by atoms with Crippen LogP contribution in [0.3, 0.4) is 0 Å².